The highest BCUT2D eigenvalue weighted by Crippen LogP contribution is 2.31. The zero-order chi connectivity index (χ0) is 15.9. The number of rotatable bonds is 3. The molecule has 0 saturated carbocycles. The number of hydrogen-bond acceptors (Lipinski definition) is 5. The monoisotopic (exact) mass is 325 g/mol. The van der Waals surface area contributed by atoms with E-state index in [-0.39, 0.29) is 22.9 Å². The first kappa shape index (κ1) is 15.1. The van der Waals surface area contributed by atoms with Gasteiger partial charge in [-0.3, -0.25) is 0 Å². The Morgan fingerprint density at radius 1 is 1.36 bits per heavy atom. The minimum atomic E-state index is -3.72. The van der Waals surface area contributed by atoms with Gasteiger partial charge in [0.1, 0.15) is 5.82 Å². The van der Waals surface area contributed by atoms with Gasteiger partial charge in [0.2, 0.25) is 15.9 Å². The van der Waals surface area contributed by atoms with E-state index in [9.17, 15) is 12.8 Å². The van der Waals surface area contributed by atoms with Crippen molar-refractivity contribution in [1.29, 1.82) is 0 Å². The van der Waals surface area contributed by atoms with Gasteiger partial charge in [0.05, 0.1) is 10.8 Å². The molecule has 1 saturated heterocycles. The lowest BCUT2D eigenvalue weighted by atomic mass is 10.1. The SMILES string of the molecule is Cc1noc([C@H]2CCN(S(=O)(=O)c3cccc(F)c3C)C2)n1. The van der Waals surface area contributed by atoms with E-state index in [2.05, 4.69) is 10.1 Å². The minimum absolute atomic E-state index is 0.00913. The third kappa shape index (κ3) is 2.52. The first-order valence-corrected chi connectivity index (χ1v) is 8.39. The van der Waals surface area contributed by atoms with E-state index >= 15 is 0 Å². The Balaban J connectivity index is 1.87. The van der Waals surface area contributed by atoms with Crippen LogP contribution in [-0.4, -0.2) is 36.0 Å². The fourth-order valence-electron chi connectivity index (χ4n) is 2.63. The first-order valence-electron chi connectivity index (χ1n) is 6.95. The molecule has 0 amide bonds. The quantitative estimate of drug-likeness (QED) is 0.863. The van der Waals surface area contributed by atoms with Gasteiger partial charge in [-0.05, 0) is 32.4 Å². The Kier molecular flexibility index (Phi) is 3.73. The summed E-state index contributed by atoms with van der Waals surface area (Å²) in [5, 5.41) is 3.73. The van der Waals surface area contributed by atoms with Gasteiger partial charge in [-0.1, -0.05) is 11.2 Å². The molecule has 2 aromatic rings. The van der Waals surface area contributed by atoms with Gasteiger partial charge >= 0.3 is 0 Å². The fourth-order valence-corrected chi connectivity index (χ4v) is 4.37. The summed E-state index contributed by atoms with van der Waals surface area (Å²) in [5.41, 5.74) is 0.139. The van der Waals surface area contributed by atoms with E-state index in [1.807, 2.05) is 0 Å². The zero-order valence-corrected chi connectivity index (χ0v) is 13.1. The Labute approximate surface area is 128 Å². The average molecular weight is 325 g/mol. The van der Waals surface area contributed by atoms with Crippen LogP contribution in [0.3, 0.4) is 0 Å². The largest absolute Gasteiger partial charge is 0.339 e. The van der Waals surface area contributed by atoms with Gasteiger partial charge < -0.3 is 4.52 Å². The molecule has 0 bridgehead atoms. The van der Waals surface area contributed by atoms with Crippen LogP contribution in [0, 0.1) is 19.7 Å². The topological polar surface area (TPSA) is 76.3 Å². The fraction of sp³-hybridized carbons (Fsp3) is 0.429. The molecule has 1 aromatic heterocycles. The number of halogens is 1. The Bertz CT molecular complexity index is 803. The molecule has 1 aliphatic rings. The molecule has 1 aliphatic heterocycles. The van der Waals surface area contributed by atoms with Crippen LogP contribution >= 0.6 is 0 Å². The Morgan fingerprint density at radius 3 is 2.82 bits per heavy atom. The van der Waals surface area contributed by atoms with Crippen LogP contribution in [-0.2, 0) is 10.0 Å². The standard InChI is InChI=1S/C14H16FN3O3S/c1-9-12(15)4-3-5-13(9)22(19,20)18-7-6-11(8-18)14-16-10(2)17-21-14/h3-5,11H,6-8H2,1-2H3/t11-/m0/s1. The number of benzene rings is 1. The summed E-state index contributed by atoms with van der Waals surface area (Å²) < 4.78 is 45.5. The van der Waals surface area contributed by atoms with E-state index in [0.717, 1.165) is 0 Å². The Morgan fingerprint density at radius 2 is 2.14 bits per heavy atom. The molecule has 0 aliphatic carbocycles. The molecule has 3 rings (SSSR count). The van der Waals surface area contributed by atoms with Crippen LogP contribution < -0.4 is 0 Å². The molecule has 8 heteroatoms. The highest BCUT2D eigenvalue weighted by Gasteiger charge is 2.36. The van der Waals surface area contributed by atoms with Crippen LogP contribution in [0.1, 0.15) is 29.6 Å². The molecule has 0 unspecified atom stereocenters. The molecule has 0 N–H and O–H groups in total. The molecule has 1 aromatic carbocycles. The van der Waals surface area contributed by atoms with Crippen LogP contribution in [0.5, 0.6) is 0 Å². The van der Waals surface area contributed by atoms with Crippen molar-refractivity contribution < 1.29 is 17.3 Å². The lowest BCUT2D eigenvalue weighted by Gasteiger charge is -2.17. The number of sulfonamides is 1. The lowest BCUT2D eigenvalue weighted by molar-refractivity contribution is 0.351. The van der Waals surface area contributed by atoms with Gasteiger partial charge in [-0.15, -0.1) is 0 Å². The maximum absolute atomic E-state index is 13.6. The highest BCUT2D eigenvalue weighted by molar-refractivity contribution is 7.89. The second kappa shape index (κ2) is 5.44. The molecule has 0 radical (unpaired) electrons. The smallest absolute Gasteiger partial charge is 0.243 e. The lowest BCUT2D eigenvalue weighted by Crippen LogP contribution is -2.29. The van der Waals surface area contributed by atoms with Crippen molar-refractivity contribution in [3.05, 3.63) is 41.3 Å². The summed E-state index contributed by atoms with van der Waals surface area (Å²) in [5.74, 6) is 0.331. The Hall–Kier alpha value is -1.80. The second-order valence-corrected chi connectivity index (χ2v) is 7.30. The molecule has 1 atom stereocenters. The van der Waals surface area contributed by atoms with E-state index in [4.69, 9.17) is 4.52 Å². The van der Waals surface area contributed by atoms with Crippen molar-refractivity contribution in [1.82, 2.24) is 14.4 Å². The number of aryl methyl sites for hydroxylation is 1. The summed E-state index contributed by atoms with van der Waals surface area (Å²) in [6.45, 7) is 3.80. The molecule has 22 heavy (non-hydrogen) atoms. The maximum atomic E-state index is 13.6. The van der Waals surface area contributed by atoms with E-state index < -0.39 is 15.8 Å². The third-order valence-electron chi connectivity index (χ3n) is 3.88. The molecule has 1 fully saturated rings. The van der Waals surface area contributed by atoms with Crippen LogP contribution in [0.4, 0.5) is 4.39 Å². The van der Waals surface area contributed by atoms with Crippen molar-refractivity contribution in [3.63, 3.8) is 0 Å². The second-order valence-electron chi connectivity index (χ2n) is 5.39. The molecular formula is C14H16FN3O3S. The number of hydrogen-bond donors (Lipinski definition) is 0. The van der Waals surface area contributed by atoms with Crippen LogP contribution in [0.15, 0.2) is 27.6 Å². The van der Waals surface area contributed by atoms with Crippen molar-refractivity contribution in [2.45, 2.75) is 31.1 Å². The summed E-state index contributed by atoms with van der Waals surface area (Å²) in [6.07, 6.45) is 0.606. The molecule has 118 valence electrons. The van der Waals surface area contributed by atoms with Crippen molar-refractivity contribution in [3.8, 4) is 0 Å². The van der Waals surface area contributed by atoms with Crippen LogP contribution in [0.2, 0.25) is 0 Å². The molecule has 6 nitrogen and oxygen atoms in total. The van der Waals surface area contributed by atoms with Gasteiger partial charge in [0, 0.05) is 18.7 Å². The van der Waals surface area contributed by atoms with Crippen molar-refractivity contribution in [2.75, 3.05) is 13.1 Å². The minimum Gasteiger partial charge on any atom is -0.339 e. The van der Waals surface area contributed by atoms with Gasteiger partial charge in [-0.25, -0.2) is 12.8 Å². The average Bonchev–Trinajstić information content (AvgIpc) is 3.10. The van der Waals surface area contributed by atoms with Gasteiger partial charge in [-0.2, -0.15) is 9.29 Å². The third-order valence-corrected chi connectivity index (χ3v) is 5.89. The van der Waals surface area contributed by atoms with Crippen molar-refractivity contribution in [2.24, 2.45) is 0 Å². The summed E-state index contributed by atoms with van der Waals surface area (Å²) in [7, 11) is -3.72. The molecule has 2 heterocycles. The van der Waals surface area contributed by atoms with E-state index in [0.29, 0.717) is 24.7 Å². The zero-order valence-electron chi connectivity index (χ0n) is 12.3. The van der Waals surface area contributed by atoms with Gasteiger partial charge in [0.15, 0.2) is 5.82 Å². The predicted molar refractivity (Wildman–Crippen MR) is 76.3 cm³/mol. The highest BCUT2D eigenvalue weighted by atomic mass is 32.2. The molecule has 0 spiro atoms. The maximum Gasteiger partial charge on any atom is 0.243 e. The first-order chi connectivity index (χ1) is 10.4. The van der Waals surface area contributed by atoms with Crippen LogP contribution in [0.25, 0.3) is 0 Å². The van der Waals surface area contributed by atoms with E-state index in [1.54, 1.807) is 6.92 Å². The normalized spacial score (nSPS) is 19.7. The van der Waals surface area contributed by atoms with Crippen molar-refractivity contribution >= 4 is 10.0 Å². The summed E-state index contributed by atoms with van der Waals surface area (Å²) in [6, 6.07) is 4.09. The molecular weight excluding hydrogens is 309 g/mol. The summed E-state index contributed by atoms with van der Waals surface area (Å²) in [4.78, 5) is 4.16. The predicted octanol–water partition coefficient (Wildman–Crippen LogP) is 2.00. The number of nitrogens with zero attached hydrogens (tertiary/aromatic N) is 3. The summed E-state index contributed by atoms with van der Waals surface area (Å²) >= 11 is 0. The number of aromatic nitrogens is 2. The van der Waals surface area contributed by atoms with Gasteiger partial charge in [0.25, 0.3) is 0 Å². The van der Waals surface area contributed by atoms with E-state index in [1.165, 1.54) is 29.4 Å².